The molecule has 1 saturated heterocycles. The largest absolute Gasteiger partial charge is 0.461 e. The van der Waals surface area contributed by atoms with Gasteiger partial charge in [-0.15, -0.1) is 0 Å². The predicted octanol–water partition coefficient (Wildman–Crippen LogP) is 6.98. The lowest BCUT2D eigenvalue weighted by Crippen LogP contribution is -2.04. The van der Waals surface area contributed by atoms with Gasteiger partial charge >= 0.3 is 5.97 Å². The Morgan fingerprint density at radius 1 is 0.821 bits per heavy atom. The lowest BCUT2D eigenvalue weighted by atomic mass is 10.0. The zero-order valence-electron chi connectivity index (χ0n) is 17.9. The van der Waals surface area contributed by atoms with Crippen molar-refractivity contribution in [3.8, 4) is 0 Å². The third-order valence-electron chi connectivity index (χ3n) is 5.64. The molecule has 158 valence electrons. The summed E-state index contributed by atoms with van der Waals surface area (Å²) in [5.74, 6) is -0.0717. The Balaban J connectivity index is 1.31. The predicted molar refractivity (Wildman–Crippen MR) is 115 cm³/mol. The Bertz CT molecular complexity index is 514. The smallest absolute Gasteiger partial charge is 0.306 e. The zero-order chi connectivity index (χ0) is 19.9. The fraction of sp³-hybridized carbons (Fsp3) is 0.720. The molecule has 0 N–H and O–H groups in total. The summed E-state index contributed by atoms with van der Waals surface area (Å²) in [6, 6.07) is 9.87. The van der Waals surface area contributed by atoms with Crippen molar-refractivity contribution in [1.82, 2.24) is 0 Å². The Kier molecular flexibility index (Phi) is 12.0. The van der Waals surface area contributed by atoms with Crippen LogP contribution in [0.5, 0.6) is 0 Å². The van der Waals surface area contributed by atoms with Crippen LogP contribution >= 0.6 is 0 Å². The summed E-state index contributed by atoms with van der Waals surface area (Å²) in [6.45, 7) is 2.65. The van der Waals surface area contributed by atoms with Crippen molar-refractivity contribution >= 4 is 5.97 Å². The number of hydrogen-bond acceptors (Lipinski definition) is 3. The molecule has 0 radical (unpaired) electrons. The molecular weight excluding hydrogens is 348 g/mol. The van der Waals surface area contributed by atoms with Gasteiger partial charge < -0.3 is 9.47 Å². The first-order valence-electron chi connectivity index (χ1n) is 11.6. The molecular formula is C25H40O3. The maximum absolute atomic E-state index is 11.8. The minimum Gasteiger partial charge on any atom is -0.461 e. The van der Waals surface area contributed by atoms with Crippen LogP contribution in [0.1, 0.15) is 102 Å². The van der Waals surface area contributed by atoms with Gasteiger partial charge in [0.1, 0.15) is 6.61 Å². The van der Waals surface area contributed by atoms with E-state index in [1.165, 1.54) is 70.6 Å². The second kappa shape index (κ2) is 14.6. The van der Waals surface area contributed by atoms with Crippen LogP contribution < -0.4 is 0 Å². The molecule has 3 nitrogen and oxygen atoms in total. The van der Waals surface area contributed by atoms with Crippen LogP contribution in [0.2, 0.25) is 0 Å². The van der Waals surface area contributed by atoms with Crippen LogP contribution in [0.3, 0.4) is 0 Å². The quantitative estimate of drug-likeness (QED) is 0.164. The van der Waals surface area contributed by atoms with Crippen molar-refractivity contribution in [3.63, 3.8) is 0 Å². The number of ether oxygens (including phenoxy) is 2. The molecule has 28 heavy (non-hydrogen) atoms. The first kappa shape index (κ1) is 22.9. The standard InChI is InChI=1S/C25H40O3/c1-2-3-4-13-18-23-24(28-23)19-14-8-6-5-7-9-15-20-25(26)27-21-22-16-11-10-12-17-22/h10-12,16-17,23-24H,2-9,13-15,18-21H2,1H3. The molecule has 1 aromatic rings. The molecule has 0 amide bonds. The second-order valence-corrected chi connectivity index (χ2v) is 8.22. The first-order chi connectivity index (χ1) is 13.8. The van der Waals surface area contributed by atoms with Gasteiger partial charge in [-0.05, 0) is 24.8 Å². The highest BCUT2D eigenvalue weighted by atomic mass is 16.6. The van der Waals surface area contributed by atoms with Gasteiger partial charge in [-0.3, -0.25) is 4.79 Å². The second-order valence-electron chi connectivity index (χ2n) is 8.22. The van der Waals surface area contributed by atoms with Crippen molar-refractivity contribution < 1.29 is 14.3 Å². The minimum atomic E-state index is -0.0717. The van der Waals surface area contributed by atoms with Crippen molar-refractivity contribution in [2.45, 2.75) is 116 Å². The molecule has 0 saturated carbocycles. The van der Waals surface area contributed by atoms with Crippen LogP contribution in [0.25, 0.3) is 0 Å². The van der Waals surface area contributed by atoms with Gasteiger partial charge in [0.15, 0.2) is 0 Å². The maximum Gasteiger partial charge on any atom is 0.306 e. The number of unbranched alkanes of at least 4 members (excludes halogenated alkanes) is 9. The molecule has 1 aliphatic heterocycles. The normalized spacial score (nSPS) is 18.2. The average Bonchev–Trinajstić information content (AvgIpc) is 3.47. The summed E-state index contributed by atoms with van der Waals surface area (Å²) in [6.07, 6.45) is 18.2. The van der Waals surface area contributed by atoms with E-state index < -0.39 is 0 Å². The van der Waals surface area contributed by atoms with Gasteiger partial charge in [0, 0.05) is 6.42 Å². The van der Waals surface area contributed by atoms with Gasteiger partial charge in [0.2, 0.25) is 0 Å². The molecule has 2 rings (SSSR count). The highest BCUT2D eigenvalue weighted by Crippen LogP contribution is 2.31. The van der Waals surface area contributed by atoms with E-state index in [0.29, 0.717) is 25.2 Å². The van der Waals surface area contributed by atoms with Crippen molar-refractivity contribution in [2.24, 2.45) is 0 Å². The highest BCUT2D eigenvalue weighted by Gasteiger charge is 2.36. The summed E-state index contributed by atoms with van der Waals surface area (Å²) in [5.41, 5.74) is 1.05. The summed E-state index contributed by atoms with van der Waals surface area (Å²) < 4.78 is 11.1. The topological polar surface area (TPSA) is 38.8 Å². The van der Waals surface area contributed by atoms with E-state index >= 15 is 0 Å². The Morgan fingerprint density at radius 2 is 1.39 bits per heavy atom. The van der Waals surface area contributed by atoms with Gasteiger partial charge in [-0.1, -0.05) is 101 Å². The molecule has 3 heteroatoms. The lowest BCUT2D eigenvalue weighted by Gasteiger charge is -2.05. The molecule has 0 aromatic heterocycles. The molecule has 2 unspecified atom stereocenters. The van der Waals surface area contributed by atoms with E-state index in [-0.39, 0.29) is 5.97 Å². The van der Waals surface area contributed by atoms with Crippen molar-refractivity contribution in [2.75, 3.05) is 0 Å². The summed E-state index contributed by atoms with van der Waals surface area (Å²) in [4.78, 5) is 11.8. The van der Waals surface area contributed by atoms with Gasteiger partial charge in [-0.25, -0.2) is 0 Å². The van der Waals surface area contributed by atoms with Crippen LogP contribution in [0.4, 0.5) is 0 Å². The van der Waals surface area contributed by atoms with Crippen molar-refractivity contribution in [3.05, 3.63) is 35.9 Å². The third kappa shape index (κ3) is 10.8. The number of rotatable bonds is 17. The number of hydrogen-bond donors (Lipinski definition) is 0. The molecule has 0 aliphatic carbocycles. The summed E-state index contributed by atoms with van der Waals surface area (Å²) >= 11 is 0. The lowest BCUT2D eigenvalue weighted by molar-refractivity contribution is -0.145. The molecule has 1 heterocycles. The van der Waals surface area contributed by atoms with E-state index in [4.69, 9.17) is 9.47 Å². The van der Waals surface area contributed by atoms with Crippen LogP contribution in [-0.2, 0) is 20.9 Å². The van der Waals surface area contributed by atoms with Gasteiger partial charge in [0.05, 0.1) is 12.2 Å². The minimum absolute atomic E-state index is 0.0717. The van der Waals surface area contributed by atoms with E-state index in [0.717, 1.165) is 18.4 Å². The highest BCUT2D eigenvalue weighted by molar-refractivity contribution is 5.69. The average molecular weight is 389 g/mol. The number of carbonyl (C=O) groups excluding carboxylic acids is 1. The Hall–Kier alpha value is -1.35. The van der Waals surface area contributed by atoms with Crippen LogP contribution in [0, 0.1) is 0 Å². The zero-order valence-corrected chi connectivity index (χ0v) is 17.9. The maximum atomic E-state index is 11.8. The van der Waals surface area contributed by atoms with Crippen LogP contribution in [-0.4, -0.2) is 18.2 Å². The SMILES string of the molecule is CCCCCCC1OC1CCCCCCCCCC(=O)OCc1ccccc1. The fourth-order valence-corrected chi connectivity index (χ4v) is 3.77. The van der Waals surface area contributed by atoms with Gasteiger partial charge in [0.25, 0.3) is 0 Å². The van der Waals surface area contributed by atoms with Gasteiger partial charge in [-0.2, -0.15) is 0 Å². The number of benzene rings is 1. The molecule has 1 aromatic carbocycles. The molecule has 0 bridgehead atoms. The first-order valence-corrected chi connectivity index (χ1v) is 11.6. The fourth-order valence-electron chi connectivity index (χ4n) is 3.77. The molecule has 1 aliphatic rings. The molecule has 2 atom stereocenters. The number of epoxide rings is 1. The summed E-state index contributed by atoms with van der Waals surface area (Å²) in [5, 5.41) is 0. The number of esters is 1. The third-order valence-corrected chi connectivity index (χ3v) is 5.64. The molecule has 0 spiro atoms. The monoisotopic (exact) mass is 388 g/mol. The van der Waals surface area contributed by atoms with E-state index in [9.17, 15) is 4.79 Å². The summed E-state index contributed by atoms with van der Waals surface area (Å²) in [7, 11) is 0. The Morgan fingerprint density at radius 3 is 2.04 bits per heavy atom. The van der Waals surface area contributed by atoms with Crippen LogP contribution in [0.15, 0.2) is 30.3 Å². The molecule has 1 fully saturated rings. The number of carbonyl (C=O) groups is 1. The van der Waals surface area contributed by atoms with Crippen molar-refractivity contribution in [1.29, 1.82) is 0 Å². The van der Waals surface area contributed by atoms with E-state index in [2.05, 4.69) is 6.92 Å². The van der Waals surface area contributed by atoms with E-state index in [1.54, 1.807) is 0 Å². The Labute approximate surface area is 172 Å². The van der Waals surface area contributed by atoms with E-state index in [1.807, 2.05) is 30.3 Å².